The standard InChI is InChI=1S/C17H18N2O2/c1-3-4-17(20)21-16-11-9-15(10-12-16)19-18-14-7-5-13(2)6-8-14/h5-12H,3-4H2,1-2H3. The average molecular weight is 282 g/mol. The minimum Gasteiger partial charge on any atom is -0.427 e. The molecule has 4 heteroatoms. The second-order valence-corrected chi connectivity index (χ2v) is 4.75. The van der Waals surface area contributed by atoms with Crippen molar-refractivity contribution in [1.29, 1.82) is 0 Å². The number of hydrogen-bond donors (Lipinski definition) is 0. The zero-order valence-corrected chi connectivity index (χ0v) is 12.2. The van der Waals surface area contributed by atoms with E-state index in [9.17, 15) is 4.79 Å². The maximum Gasteiger partial charge on any atom is 0.311 e. The summed E-state index contributed by atoms with van der Waals surface area (Å²) in [7, 11) is 0. The van der Waals surface area contributed by atoms with Gasteiger partial charge in [-0.2, -0.15) is 10.2 Å². The summed E-state index contributed by atoms with van der Waals surface area (Å²) in [5.41, 5.74) is 2.71. The quantitative estimate of drug-likeness (QED) is 0.434. The maximum absolute atomic E-state index is 11.4. The van der Waals surface area contributed by atoms with Crippen molar-refractivity contribution in [3.63, 3.8) is 0 Å². The molecule has 2 aromatic rings. The third-order valence-corrected chi connectivity index (χ3v) is 2.84. The minimum atomic E-state index is -0.216. The maximum atomic E-state index is 11.4. The molecular formula is C17H18N2O2. The summed E-state index contributed by atoms with van der Waals surface area (Å²) in [5, 5.41) is 8.30. The minimum absolute atomic E-state index is 0.216. The smallest absolute Gasteiger partial charge is 0.311 e. The van der Waals surface area contributed by atoms with E-state index in [0.29, 0.717) is 17.9 Å². The molecule has 0 amide bonds. The third kappa shape index (κ3) is 4.84. The molecule has 0 bridgehead atoms. The molecule has 21 heavy (non-hydrogen) atoms. The first-order chi connectivity index (χ1) is 10.2. The Kier molecular flexibility index (Phi) is 5.21. The molecule has 0 heterocycles. The van der Waals surface area contributed by atoms with Crippen LogP contribution in [-0.4, -0.2) is 5.97 Å². The van der Waals surface area contributed by atoms with Gasteiger partial charge in [-0.15, -0.1) is 0 Å². The van der Waals surface area contributed by atoms with Crippen LogP contribution < -0.4 is 4.74 Å². The molecule has 0 fully saturated rings. The number of carbonyl (C=O) groups is 1. The zero-order chi connectivity index (χ0) is 15.1. The van der Waals surface area contributed by atoms with Gasteiger partial charge in [0.15, 0.2) is 0 Å². The molecule has 4 nitrogen and oxygen atoms in total. The molecule has 2 rings (SSSR count). The second-order valence-electron chi connectivity index (χ2n) is 4.75. The third-order valence-electron chi connectivity index (χ3n) is 2.84. The van der Waals surface area contributed by atoms with Crippen molar-refractivity contribution in [1.82, 2.24) is 0 Å². The number of ether oxygens (including phenoxy) is 1. The van der Waals surface area contributed by atoms with Crippen LogP contribution in [0.4, 0.5) is 11.4 Å². The SMILES string of the molecule is CCCC(=O)Oc1ccc(N=Nc2ccc(C)cc2)cc1. The van der Waals surface area contributed by atoms with E-state index < -0.39 is 0 Å². The summed E-state index contributed by atoms with van der Waals surface area (Å²) in [6.07, 6.45) is 1.20. The van der Waals surface area contributed by atoms with Crippen LogP contribution in [0.15, 0.2) is 58.8 Å². The van der Waals surface area contributed by atoms with Gasteiger partial charge in [-0.3, -0.25) is 4.79 Å². The monoisotopic (exact) mass is 282 g/mol. The molecule has 0 aliphatic rings. The number of carbonyl (C=O) groups excluding carboxylic acids is 1. The van der Waals surface area contributed by atoms with E-state index in [1.54, 1.807) is 24.3 Å². The molecule has 2 aromatic carbocycles. The summed E-state index contributed by atoms with van der Waals surface area (Å²) in [6.45, 7) is 3.97. The molecule has 0 unspecified atom stereocenters. The van der Waals surface area contributed by atoms with Gasteiger partial charge in [-0.25, -0.2) is 0 Å². The average Bonchev–Trinajstić information content (AvgIpc) is 2.48. The number of azo groups is 1. The highest BCUT2D eigenvalue weighted by atomic mass is 16.5. The van der Waals surface area contributed by atoms with Crippen LogP contribution in [0.25, 0.3) is 0 Å². The molecule has 0 aliphatic carbocycles. The Morgan fingerprint density at radius 3 is 2.00 bits per heavy atom. The lowest BCUT2D eigenvalue weighted by molar-refractivity contribution is -0.134. The predicted octanol–water partition coefficient (Wildman–Crippen LogP) is 5.12. The summed E-state index contributed by atoms with van der Waals surface area (Å²) in [4.78, 5) is 11.4. The van der Waals surface area contributed by atoms with Crippen LogP contribution in [0.5, 0.6) is 5.75 Å². The molecule has 0 N–H and O–H groups in total. The normalized spacial score (nSPS) is 10.8. The summed E-state index contributed by atoms with van der Waals surface area (Å²) < 4.78 is 5.17. The van der Waals surface area contributed by atoms with Crippen LogP contribution in [-0.2, 0) is 4.79 Å². The van der Waals surface area contributed by atoms with Crippen molar-refractivity contribution < 1.29 is 9.53 Å². The van der Waals surface area contributed by atoms with Crippen LogP contribution in [0.2, 0.25) is 0 Å². The van der Waals surface area contributed by atoms with Crippen molar-refractivity contribution in [2.45, 2.75) is 26.7 Å². The molecule has 108 valence electrons. The van der Waals surface area contributed by atoms with E-state index in [1.807, 2.05) is 38.1 Å². The fourth-order valence-corrected chi connectivity index (χ4v) is 1.69. The van der Waals surface area contributed by atoms with Crippen molar-refractivity contribution in [3.8, 4) is 5.75 Å². The number of nitrogens with zero attached hydrogens (tertiary/aromatic N) is 2. The van der Waals surface area contributed by atoms with Gasteiger partial charge in [-0.1, -0.05) is 24.6 Å². The first-order valence-electron chi connectivity index (χ1n) is 6.96. The lowest BCUT2D eigenvalue weighted by Crippen LogP contribution is -2.06. The lowest BCUT2D eigenvalue weighted by atomic mass is 10.2. The van der Waals surface area contributed by atoms with Gasteiger partial charge in [0.2, 0.25) is 0 Å². The summed E-state index contributed by atoms with van der Waals surface area (Å²) >= 11 is 0. The highest BCUT2D eigenvalue weighted by Gasteiger charge is 2.02. The molecule has 0 aliphatic heterocycles. The Balaban J connectivity index is 1.98. The molecule has 0 radical (unpaired) electrons. The highest BCUT2D eigenvalue weighted by Crippen LogP contribution is 2.21. The van der Waals surface area contributed by atoms with Crippen molar-refractivity contribution in [3.05, 3.63) is 54.1 Å². The largest absolute Gasteiger partial charge is 0.427 e. The second kappa shape index (κ2) is 7.33. The van der Waals surface area contributed by atoms with Crippen molar-refractivity contribution in [2.24, 2.45) is 10.2 Å². The van der Waals surface area contributed by atoms with E-state index in [1.165, 1.54) is 5.56 Å². The Morgan fingerprint density at radius 1 is 0.952 bits per heavy atom. The van der Waals surface area contributed by atoms with Crippen molar-refractivity contribution >= 4 is 17.3 Å². The van der Waals surface area contributed by atoms with Gasteiger partial charge in [0.1, 0.15) is 5.75 Å². The first kappa shape index (κ1) is 14.9. The number of benzene rings is 2. The number of hydrogen-bond acceptors (Lipinski definition) is 4. The van der Waals surface area contributed by atoms with Crippen molar-refractivity contribution in [2.75, 3.05) is 0 Å². The fraction of sp³-hybridized carbons (Fsp3) is 0.235. The van der Waals surface area contributed by atoms with Crippen LogP contribution >= 0.6 is 0 Å². The molecule has 0 spiro atoms. The van der Waals surface area contributed by atoms with Crippen LogP contribution in [0.1, 0.15) is 25.3 Å². The first-order valence-corrected chi connectivity index (χ1v) is 6.96. The lowest BCUT2D eigenvalue weighted by Gasteiger charge is -2.02. The van der Waals surface area contributed by atoms with Gasteiger partial charge in [0.25, 0.3) is 0 Å². The Morgan fingerprint density at radius 2 is 1.48 bits per heavy atom. The number of aryl methyl sites for hydroxylation is 1. The van der Waals surface area contributed by atoms with Crippen LogP contribution in [0.3, 0.4) is 0 Å². The van der Waals surface area contributed by atoms with E-state index in [4.69, 9.17) is 4.74 Å². The molecule has 0 aromatic heterocycles. The molecule has 0 saturated carbocycles. The molecule has 0 saturated heterocycles. The fourth-order valence-electron chi connectivity index (χ4n) is 1.69. The summed E-state index contributed by atoms with van der Waals surface area (Å²) in [5.74, 6) is 0.314. The highest BCUT2D eigenvalue weighted by molar-refractivity contribution is 5.72. The Bertz CT molecular complexity index is 616. The van der Waals surface area contributed by atoms with E-state index >= 15 is 0 Å². The van der Waals surface area contributed by atoms with Gasteiger partial charge in [0.05, 0.1) is 11.4 Å². The number of esters is 1. The summed E-state index contributed by atoms with van der Waals surface area (Å²) in [6, 6.07) is 14.8. The predicted molar refractivity (Wildman–Crippen MR) is 82.3 cm³/mol. The van der Waals surface area contributed by atoms with Gasteiger partial charge >= 0.3 is 5.97 Å². The topological polar surface area (TPSA) is 51.0 Å². The van der Waals surface area contributed by atoms with E-state index in [2.05, 4.69) is 10.2 Å². The molecule has 0 atom stereocenters. The zero-order valence-electron chi connectivity index (χ0n) is 12.2. The van der Waals surface area contributed by atoms with E-state index in [0.717, 1.165) is 12.1 Å². The molecular weight excluding hydrogens is 264 g/mol. The van der Waals surface area contributed by atoms with E-state index in [-0.39, 0.29) is 5.97 Å². The number of rotatable bonds is 5. The van der Waals surface area contributed by atoms with Crippen LogP contribution in [0, 0.1) is 6.92 Å². The Labute approximate surface area is 124 Å². The van der Waals surface area contributed by atoms with Gasteiger partial charge in [-0.05, 0) is 49.7 Å². The van der Waals surface area contributed by atoms with Gasteiger partial charge < -0.3 is 4.74 Å². The Hall–Kier alpha value is -2.49. The van der Waals surface area contributed by atoms with Gasteiger partial charge in [0, 0.05) is 6.42 Å².